The van der Waals surface area contributed by atoms with Crippen molar-refractivity contribution in [3.05, 3.63) is 11.6 Å². The van der Waals surface area contributed by atoms with Crippen molar-refractivity contribution in [1.29, 1.82) is 0 Å². The van der Waals surface area contributed by atoms with E-state index in [1.807, 2.05) is 14.0 Å². The number of aliphatic hydroxyl groups excluding tert-OH is 1. The number of aliphatic hydroxyl groups is 1. The van der Waals surface area contributed by atoms with E-state index in [2.05, 4.69) is 22.9 Å². The zero-order valence-corrected chi connectivity index (χ0v) is 22.6. The molecule has 0 radical (unpaired) electrons. The van der Waals surface area contributed by atoms with Crippen molar-refractivity contribution in [1.82, 2.24) is 9.80 Å². The van der Waals surface area contributed by atoms with E-state index in [0.717, 1.165) is 31.3 Å². The van der Waals surface area contributed by atoms with Gasteiger partial charge in [-0.2, -0.15) is 0 Å². The van der Waals surface area contributed by atoms with Crippen molar-refractivity contribution < 1.29 is 58.8 Å². The molecule has 8 nitrogen and oxygen atoms in total. The summed E-state index contributed by atoms with van der Waals surface area (Å²) < 4.78 is 9.78. The molecule has 9 heteroatoms. The molecule has 0 aromatic rings. The number of nitrogens with zero attached hydrogens (tertiary/aromatic N) is 2. The van der Waals surface area contributed by atoms with Crippen LogP contribution in [0.4, 0.5) is 0 Å². The van der Waals surface area contributed by atoms with Crippen LogP contribution in [0.15, 0.2) is 11.6 Å². The Bertz CT molecular complexity index is 646. The van der Waals surface area contributed by atoms with Gasteiger partial charge in [0.15, 0.2) is 0 Å². The number of carbonyl (C=O) groups excluding carboxylic acids is 2. The van der Waals surface area contributed by atoms with E-state index < -0.39 is 6.10 Å². The molecule has 6 unspecified atom stereocenters. The molecular weight excluding hydrogens is 423 g/mol. The van der Waals surface area contributed by atoms with Crippen molar-refractivity contribution in [3.63, 3.8) is 0 Å². The van der Waals surface area contributed by atoms with Gasteiger partial charge in [-0.25, -0.2) is 4.79 Å². The van der Waals surface area contributed by atoms with Gasteiger partial charge in [0.05, 0.1) is 31.3 Å². The molecule has 0 aromatic carbocycles. The van der Waals surface area contributed by atoms with Gasteiger partial charge < -0.3 is 19.7 Å². The second kappa shape index (κ2) is 14.0. The van der Waals surface area contributed by atoms with E-state index >= 15 is 0 Å². The van der Waals surface area contributed by atoms with E-state index in [4.69, 9.17) is 14.6 Å². The maximum absolute atomic E-state index is 11.6. The fourth-order valence-electron chi connectivity index (χ4n) is 5.39. The van der Waals surface area contributed by atoms with Crippen molar-refractivity contribution in [3.8, 4) is 0 Å². The maximum Gasteiger partial charge on any atom is 1.00 e. The van der Waals surface area contributed by atoms with Gasteiger partial charge in [-0.1, -0.05) is 13.0 Å². The molecule has 4 bridgehead atoms. The number of carbonyl (C=O) groups is 2. The van der Waals surface area contributed by atoms with Crippen LogP contribution in [-0.2, 0) is 19.1 Å². The van der Waals surface area contributed by atoms with Crippen molar-refractivity contribution in [2.75, 3.05) is 34.4 Å². The third-order valence-corrected chi connectivity index (χ3v) is 7.03. The third kappa shape index (κ3) is 6.78. The van der Waals surface area contributed by atoms with Crippen LogP contribution < -0.4 is 34.7 Å². The zero-order chi connectivity index (χ0) is 23.1. The minimum atomic E-state index is -0.517. The fraction of sp³-hybridized carbons (Fsp3) is 0.826. The van der Waals surface area contributed by atoms with Gasteiger partial charge >= 0.3 is 41.5 Å². The van der Waals surface area contributed by atoms with Crippen LogP contribution in [0.25, 0.3) is 0 Å². The smallest absolute Gasteiger partial charge is 0.855 e. The monoisotopic (exact) mass is 462 g/mol. The first kappa shape index (κ1) is 29.6. The first-order chi connectivity index (χ1) is 14.8. The molecule has 4 aliphatic rings. The van der Waals surface area contributed by atoms with E-state index in [1.54, 1.807) is 6.92 Å². The Kier molecular flexibility index (Phi) is 13.0. The van der Waals surface area contributed by atoms with Crippen LogP contribution in [0, 0.1) is 5.92 Å². The van der Waals surface area contributed by atoms with Crippen LogP contribution in [-0.4, -0.2) is 91.5 Å². The number of esters is 2. The van der Waals surface area contributed by atoms with Gasteiger partial charge in [-0.05, 0) is 59.5 Å². The van der Waals surface area contributed by atoms with Crippen LogP contribution in [0.5, 0.6) is 0 Å². The first-order valence-corrected chi connectivity index (χ1v) is 11.5. The van der Waals surface area contributed by atoms with E-state index in [0.29, 0.717) is 31.2 Å². The zero-order valence-electron chi connectivity index (χ0n) is 20.6. The van der Waals surface area contributed by atoms with Crippen molar-refractivity contribution in [2.24, 2.45) is 5.92 Å². The number of fused-ring (bicyclic) bond motifs is 4. The molecule has 0 amide bonds. The van der Waals surface area contributed by atoms with E-state index in [9.17, 15) is 14.7 Å². The van der Waals surface area contributed by atoms with Gasteiger partial charge in [0.2, 0.25) is 0 Å². The maximum atomic E-state index is 11.6. The summed E-state index contributed by atoms with van der Waals surface area (Å²) in [5.41, 5.74) is 0.878. The summed E-state index contributed by atoms with van der Waals surface area (Å²) in [7, 11) is 5.52. The van der Waals surface area contributed by atoms with Gasteiger partial charge in [0, 0.05) is 24.2 Å². The standard InChI is InChI=1S/C11H17NO2.C10H17NO3.C2H5O.Na/c1-3-14-11(13)9-6-4-8-5-7-10(9)12(8)2;1-11-6-3-4-7(11)9(8(12)5-6)10(13)14-2;1-2-3;/h6,8,10H,3-5,7H2,1-2H3;6-9,12H,3-5H2,1-2H3;2H2,1H3;/q;;-1;+1. The molecule has 0 aliphatic carbocycles. The topological polar surface area (TPSA) is 102 Å². The van der Waals surface area contributed by atoms with Crippen molar-refractivity contribution in [2.45, 2.75) is 82.6 Å². The predicted octanol–water partition coefficient (Wildman–Crippen LogP) is -2.28. The van der Waals surface area contributed by atoms with Crippen LogP contribution in [0.2, 0.25) is 0 Å². The van der Waals surface area contributed by atoms with Crippen LogP contribution in [0.1, 0.15) is 52.4 Å². The van der Waals surface area contributed by atoms with Crippen LogP contribution >= 0.6 is 0 Å². The van der Waals surface area contributed by atoms with Crippen molar-refractivity contribution >= 4 is 11.9 Å². The molecule has 6 atom stereocenters. The summed E-state index contributed by atoms with van der Waals surface area (Å²) in [5.74, 6) is -0.733. The molecule has 0 spiro atoms. The quantitative estimate of drug-likeness (QED) is 0.370. The van der Waals surface area contributed by atoms with E-state index in [-0.39, 0.29) is 60.1 Å². The summed E-state index contributed by atoms with van der Waals surface area (Å²) >= 11 is 0. The second-order valence-corrected chi connectivity index (χ2v) is 8.63. The molecule has 4 aliphatic heterocycles. The number of likely N-dealkylation sites (N-methyl/N-ethyl adjacent to an activating group) is 1. The van der Waals surface area contributed by atoms with Gasteiger partial charge in [0.1, 0.15) is 0 Å². The molecule has 0 saturated carbocycles. The molecule has 4 heterocycles. The molecule has 0 aromatic heterocycles. The predicted molar refractivity (Wildman–Crippen MR) is 115 cm³/mol. The number of ether oxygens (including phenoxy) is 2. The third-order valence-electron chi connectivity index (χ3n) is 7.03. The molecular formula is C23H39N2NaO6. The molecule has 3 fully saturated rings. The fourth-order valence-corrected chi connectivity index (χ4v) is 5.39. The largest absolute Gasteiger partial charge is 1.00 e. The average Bonchev–Trinajstić information content (AvgIpc) is 3.11. The number of rotatable bonds is 3. The minimum Gasteiger partial charge on any atom is -0.855 e. The number of hydrogen-bond acceptors (Lipinski definition) is 8. The number of methoxy groups -OCH3 is 1. The Hall–Kier alpha value is -0.480. The second-order valence-electron chi connectivity index (χ2n) is 8.63. The molecule has 32 heavy (non-hydrogen) atoms. The van der Waals surface area contributed by atoms with Gasteiger partial charge in [-0.15, -0.1) is 6.61 Å². The summed E-state index contributed by atoms with van der Waals surface area (Å²) in [4.78, 5) is 27.6. The SMILES string of the molecule is CCOC(=O)C1=CCC2CCC1N2C.CC[O-].COC(=O)C1C(O)CC2CCC1N2C.[Na+]. The summed E-state index contributed by atoms with van der Waals surface area (Å²) in [6, 6.07) is 1.60. The molecule has 4 rings (SSSR count). The molecule has 3 saturated heterocycles. The normalized spacial score (nSPS) is 32.9. The average molecular weight is 463 g/mol. The Labute approximate surface area is 214 Å². The minimum absolute atomic E-state index is 0. The first-order valence-electron chi connectivity index (χ1n) is 11.5. The van der Waals surface area contributed by atoms with Crippen LogP contribution in [0.3, 0.4) is 0 Å². The Morgan fingerprint density at radius 2 is 1.75 bits per heavy atom. The Morgan fingerprint density at radius 3 is 2.34 bits per heavy atom. The molecule has 178 valence electrons. The summed E-state index contributed by atoms with van der Waals surface area (Å²) in [6.07, 6.45) is 7.65. The van der Waals surface area contributed by atoms with E-state index in [1.165, 1.54) is 13.5 Å². The number of piperidine rings is 1. The summed E-state index contributed by atoms with van der Waals surface area (Å²) in [5, 5.41) is 18.8. The van der Waals surface area contributed by atoms with Gasteiger partial charge in [-0.3, -0.25) is 14.6 Å². The Morgan fingerprint density at radius 1 is 1.12 bits per heavy atom. The Balaban J connectivity index is 0.000000278. The number of hydrogen-bond donors (Lipinski definition) is 1. The summed E-state index contributed by atoms with van der Waals surface area (Å²) in [6.45, 7) is 3.89. The van der Waals surface area contributed by atoms with Gasteiger partial charge in [0.25, 0.3) is 0 Å². The molecule has 1 N–H and O–H groups in total.